The van der Waals surface area contributed by atoms with Crippen molar-refractivity contribution in [2.75, 3.05) is 0 Å². The molecule has 2 nitrogen and oxygen atoms in total. The molecule has 2 rings (SSSR count). The van der Waals surface area contributed by atoms with Crippen molar-refractivity contribution in [3.05, 3.63) is 58.1 Å². The molecular weight excluding hydrogens is 340 g/mol. The fraction of sp³-hybridized carbons (Fsp3) is 0.250. The van der Waals surface area contributed by atoms with E-state index in [1.54, 1.807) is 18.2 Å². The van der Waals surface area contributed by atoms with Gasteiger partial charge in [0.2, 0.25) is 0 Å². The number of rotatable bonds is 5. The van der Waals surface area contributed by atoms with E-state index in [9.17, 15) is 8.78 Å². The lowest BCUT2D eigenvalue weighted by Crippen LogP contribution is -2.21. The summed E-state index contributed by atoms with van der Waals surface area (Å²) in [6.45, 7) is 1.97. The predicted octanol–water partition coefficient (Wildman–Crippen LogP) is 4.80. The molecule has 2 aromatic rings. The molecule has 0 aliphatic carbocycles. The average molecular weight is 356 g/mol. The Labute approximate surface area is 131 Å². The Morgan fingerprint density at radius 2 is 2.00 bits per heavy atom. The quantitative estimate of drug-likeness (QED) is 0.835. The first kappa shape index (κ1) is 15.9. The van der Waals surface area contributed by atoms with Crippen molar-refractivity contribution in [1.29, 1.82) is 0 Å². The van der Waals surface area contributed by atoms with E-state index < -0.39 is 11.6 Å². The average Bonchev–Trinajstić information content (AvgIpc) is 2.41. The van der Waals surface area contributed by atoms with Gasteiger partial charge in [0.15, 0.2) is 11.6 Å². The molecule has 0 saturated carbocycles. The molecule has 5 heteroatoms. The summed E-state index contributed by atoms with van der Waals surface area (Å²) in [5.74, 6) is -0.615. The molecule has 21 heavy (non-hydrogen) atoms. The van der Waals surface area contributed by atoms with Crippen molar-refractivity contribution in [3.8, 4) is 11.5 Å². The second kappa shape index (κ2) is 7.00. The summed E-state index contributed by atoms with van der Waals surface area (Å²) in [7, 11) is 0. The number of hydrogen-bond donors (Lipinski definition) is 1. The Hall–Kier alpha value is -1.46. The van der Waals surface area contributed by atoms with Gasteiger partial charge in [-0.2, -0.15) is 0 Å². The Morgan fingerprint density at radius 3 is 2.67 bits per heavy atom. The highest BCUT2D eigenvalue weighted by molar-refractivity contribution is 9.10. The van der Waals surface area contributed by atoms with Crippen molar-refractivity contribution >= 4 is 15.9 Å². The summed E-state index contributed by atoms with van der Waals surface area (Å²) >= 11 is 3.18. The van der Waals surface area contributed by atoms with Gasteiger partial charge in [-0.05, 0) is 36.6 Å². The van der Waals surface area contributed by atoms with Gasteiger partial charge >= 0.3 is 0 Å². The van der Waals surface area contributed by atoms with Gasteiger partial charge in [0, 0.05) is 16.6 Å². The number of para-hydroxylation sites is 1. The normalized spacial score (nSPS) is 12.2. The minimum atomic E-state index is -0.490. The van der Waals surface area contributed by atoms with E-state index >= 15 is 0 Å². The minimum absolute atomic E-state index is 0.0756. The second-order valence-electron chi connectivity index (χ2n) is 4.81. The fourth-order valence-electron chi connectivity index (χ4n) is 1.96. The zero-order valence-electron chi connectivity index (χ0n) is 11.6. The minimum Gasteiger partial charge on any atom is -0.454 e. The van der Waals surface area contributed by atoms with Crippen molar-refractivity contribution in [2.45, 2.75) is 25.8 Å². The van der Waals surface area contributed by atoms with Crippen molar-refractivity contribution < 1.29 is 13.5 Å². The van der Waals surface area contributed by atoms with Crippen LogP contribution in [0, 0.1) is 11.6 Å². The second-order valence-corrected chi connectivity index (χ2v) is 5.72. The van der Waals surface area contributed by atoms with E-state index in [1.165, 1.54) is 18.2 Å². The summed E-state index contributed by atoms with van der Waals surface area (Å²) < 4.78 is 33.5. The molecule has 0 fully saturated rings. The molecule has 0 heterocycles. The van der Waals surface area contributed by atoms with Crippen molar-refractivity contribution in [1.82, 2.24) is 0 Å². The van der Waals surface area contributed by atoms with Crippen LogP contribution in [0.1, 0.15) is 18.9 Å². The van der Waals surface area contributed by atoms with Crippen LogP contribution in [0.5, 0.6) is 11.5 Å². The van der Waals surface area contributed by atoms with Gasteiger partial charge in [0.25, 0.3) is 0 Å². The van der Waals surface area contributed by atoms with Crippen LogP contribution in [0.4, 0.5) is 8.78 Å². The van der Waals surface area contributed by atoms with Crippen LogP contribution in [0.3, 0.4) is 0 Å². The van der Waals surface area contributed by atoms with Gasteiger partial charge in [-0.25, -0.2) is 8.78 Å². The Balaban J connectivity index is 2.34. The smallest absolute Gasteiger partial charge is 0.166 e. The van der Waals surface area contributed by atoms with Gasteiger partial charge in [0.05, 0.1) is 0 Å². The molecule has 112 valence electrons. The third kappa shape index (κ3) is 4.25. The van der Waals surface area contributed by atoms with Crippen LogP contribution < -0.4 is 10.5 Å². The van der Waals surface area contributed by atoms with Crippen LogP contribution in [-0.2, 0) is 6.42 Å². The standard InChI is InChI=1S/C16H16BrF2NO/c1-2-13(20)6-10-4-3-5-15(19)16(10)21-14-8-11(17)7-12(18)9-14/h3-5,7-9,13H,2,6,20H2,1H3. The first-order chi connectivity index (χ1) is 9.99. The van der Waals surface area contributed by atoms with Gasteiger partial charge in [-0.15, -0.1) is 0 Å². The third-order valence-electron chi connectivity index (χ3n) is 3.11. The zero-order chi connectivity index (χ0) is 15.4. The van der Waals surface area contributed by atoms with E-state index in [0.29, 0.717) is 16.5 Å². The molecule has 1 unspecified atom stereocenters. The van der Waals surface area contributed by atoms with Crippen molar-refractivity contribution in [3.63, 3.8) is 0 Å². The SMILES string of the molecule is CCC(N)Cc1cccc(F)c1Oc1cc(F)cc(Br)c1. The largest absolute Gasteiger partial charge is 0.454 e. The summed E-state index contributed by atoms with van der Waals surface area (Å²) in [5.41, 5.74) is 6.59. The first-order valence-corrected chi connectivity index (χ1v) is 7.45. The summed E-state index contributed by atoms with van der Waals surface area (Å²) in [4.78, 5) is 0. The highest BCUT2D eigenvalue weighted by Gasteiger charge is 2.14. The lowest BCUT2D eigenvalue weighted by atomic mass is 10.0. The van der Waals surface area contributed by atoms with E-state index in [0.717, 1.165) is 6.42 Å². The molecule has 0 saturated heterocycles. The molecule has 1 atom stereocenters. The van der Waals surface area contributed by atoms with Crippen molar-refractivity contribution in [2.24, 2.45) is 5.73 Å². The topological polar surface area (TPSA) is 35.2 Å². The molecule has 0 bridgehead atoms. The zero-order valence-corrected chi connectivity index (χ0v) is 13.2. The van der Waals surface area contributed by atoms with Gasteiger partial charge in [0.1, 0.15) is 11.6 Å². The molecule has 0 amide bonds. The number of ether oxygens (including phenoxy) is 1. The van der Waals surface area contributed by atoms with Crippen LogP contribution in [0.15, 0.2) is 40.9 Å². The monoisotopic (exact) mass is 355 g/mol. The first-order valence-electron chi connectivity index (χ1n) is 6.66. The number of halogens is 3. The van der Waals surface area contributed by atoms with Gasteiger partial charge < -0.3 is 10.5 Å². The number of hydrogen-bond acceptors (Lipinski definition) is 2. The highest BCUT2D eigenvalue weighted by atomic mass is 79.9. The number of benzene rings is 2. The van der Waals surface area contributed by atoms with E-state index in [2.05, 4.69) is 15.9 Å². The fourth-order valence-corrected chi connectivity index (χ4v) is 2.40. The molecule has 0 spiro atoms. The Kier molecular flexibility index (Phi) is 5.31. The van der Waals surface area contributed by atoms with Gasteiger partial charge in [-0.3, -0.25) is 0 Å². The predicted molar refractivity (Wildman–Crippen MR) is 82.5 cm³/mol. The highest BCUT2D eigenvalue weighted by Crippen LogP contribution is 2.31. The molecular formula is C16H16BrF2NO. The Bertz CT molecular complexity index is 613. The van der Waals surface area contributed by atoms with Gasteiger partial charge in [-0.1, -0.05) is 35.0 Å². The maximum atomic E-state index is 14.0. The van der Waals surface area contributed by atoms with Crippen LogP contribution >= 0.6 is 15.9 Å². The third-order valence-corrected chi connectivity index (χ3v) is 3.57. The number of nitrogens with two attached hydrogens (primary N) is 1. The Morgan fingerprint density at radius 1 is 1.24 bits per heavy atom. The molecule has 0 aliphatic heterocycles. The molecule has 0 aliphatic rings. The lowest BCUT2D eigenvalue weighted by Gasteiger charge is -2.15. The molecule has 2 aromatic carbocycles. The molecule has 0 aromatic heterocycles. The van der Waals surface area contributed by atoms with Crippen LogP contribution in [-0.4, -0.2) is 6.04 Å². The lowest BCUT2D eigenvalue weighted by molar-refractivity contribution is 0.430. The molecule has 2 N–H and O–H groups in total. The van der Waals surface area contributed by atoms with E-state index in [4.69, 9.17) is 10.5 Å². The summed E-state index contributed by atoms with van der Waals surface area (Å²) in [6, 6.07) is 8.71. The maximum Gasteiger partial charge on any atom is 0.166 e. The van der Waals surface area contributed by atoms with E-state index in [-0.39, 0.29) is 17.5 Å². The maximum absolute atomic E-state index is 14.0. The molecule has 0 radical (unpaired) electrons. The summed E-state index contributed by atoms with van der Waals surface area (Å²) in [5, 5.41) is 0. The summed E-state index contributed by atoms with van der Waals surface area (Å²) in [6.07, 6.45) is 1.28. The van der Waals surface area contributed by atoms with E-state index in [1.807, 2.05) is 6.92 Å². The van der Waals surface area contributed by atoms with Crippen LogP contribution in [0.2, 0.25) is 0 Å². The van der Waals surface area contributed by atoms with Crippen LogP contribution in [0.25, 0.3) is 0 Å².